The van der Waals surface area contributed by atoms with Crippen LogP contribution in [0.25, 0.3) is 0 Å². The van der Waals surface area contributed by atoms with Crippen molar-refractivity contribution in [3.05, 3.63) is 28.2 Å². The number of benzene rings is 1. The Morgan fingerprint density at radius 2 is 2.11 bits per heavy atom. The summed E-state index contributed by atoms with van der Waals surface area (Å²) in [7, 11) is 1.91. The van der Waals surface area contributed by atoms with E-state index in [1.54, 1.807) is 6.07 Å². The molecule has 1 aromatic rings. The van der Waals surface area contributed by atoms with Crippen LogP contribution >= 0.6 is 15.9 Å². The second-order valence-electron chi connectivity index (χ2n) is 4.74. The van der Waals surface area contributed by atoms with Gasteiger partial charge in [0.15, 0.2) is 0 Å². The first-order valence-corrected chi connectivity index (χ1v) is 7.00. The van der Waals surface area contributed by atoms with Gasteiger partial charge in [-0.1, -0.05) is 0 Å². The molecule has 0 aliphatic carbocycles. The summed E-state index contributed by atoms with van der Waals surface area (Å²) < 4.78 is 38.3. The molecule has 1 saturated heterocycles. The normalized spacial score (nSPS) is 20.7. The molecule has 1 aliphatic heterocycles. The molecule has 0 saturated carbocycles. The molecule has 6 heteroatoms. The van der Waals surface area contributed by atoms with Crippen molar-refractivity contribution >= 4 is 21.6 Å². The van der Waals surface area contributed by atoms with Crippen LogP contribution in [0.4, 0.5) is 18.9 Å². The third-order valence-corrected chi connectivity index (χ3v) is 4.08. The Balaban J connectivity index is 2.21. The summed E-state index contributed by atoms with van der Waals surface area (Å²) in [6.45, 7) is 1.70. The maximum atomic E-state index is 12.6. The summed E-state index contributed by atoms with van der Waals surface area (Å²) >= 11 is 3.25. The SMILES string of the molecule is CNC1CCCN(c2ccc(C(F)(F)F)cc2Br)C1. The standard InChI is InChI=1S/C13H16BrF3N2/c1-18-10-3-2-6-19(8-10)12-5-4-9(7-11(12)14)13(15,16)17/h4-5,7,10,18H,2-3,6,8H2,1H3. The van der Waals surface area contributed by atoms with Gasteiger partial charge in [0.05, 0.1) is 11.3 Å². The maximum Gasteiger partial charge on any atom is 0.416 e. The number of anilines is 1. The third-order valence-electron chi connectivity index (χ3n) is 3.45. The molecule has 1 unspecified atom stereocenters. The molecule has 0 bridgehead atoms. The lowest BCUT2D eigenvalue weighted by atomic mass is 10.0. The van der Waals surface area contributed by atoms with Gasteiger partial charge < -0.3 is 10.2 Å². The summed E-state index contributed by atoms with van der Waals surface area (Å²) in [5, 5.41) is 3.22. The molecule has 1 atom stereocenters. The minimum atomic E-state index is -4.30. The van der Waals surface area contributed by atoms with E-state index < -0.39 is 11.7 Å². The Hall–Kier alpha value is -0.750. The van der Waals surface area contributed by atoms with Crippen LogP contribution in [0.5, 0.6) is 0 Å². The molecule has 0 radical (unpaired) electrons. The van der Waals surface area contributed by atoms with Gasteiger partial charge in [-0.3, -0.25) is 0 Å². The number of likely N-dealkylation sites (N-methyl/N-ethyl adjacent to an activating group) is 1. The lowest BCUT2D eigenvalue weighted by Crippen LogP contribution is -2.44. The van der Waals surface area contributed by atoms with Gasteiger partial charge in [-0.15, -0.1) is 0 Å². The van der Waals surface area contributed by atoms with Crippen LogP contribution in [0.2, 0.25) is 0 Å². The topological polar surface area (TPSA) is 15.3 Å². The minimum Gasteiger partial charge on any atom is -0.369 e. The molecule has 1 fully saturated rings. The van der Waals surface area contributed by atoms with E-state index in [2.05, 4.69) is 26.1 Å². The monoisotopic (exact) mass is 336 g/mol. The van der Waals surface area contributed by atoms with Crippen LogP contribution in [-0.2, 0) is 6.18 Å². The first-order chi connectivity index (χ1) is 8.91. The number of alkyl halides is 3. The highest BCUT2D eigenvalue weighted by Crippen LogP contribution is 2.36. The molecule has 0 spiro atoms. The van der Waals surface area contributed by atoms with Crippen LogP contribution in [0.3, 0.4) is 0 Å². The molecule has 1 N–H and O–H groups in total. The van der Waals surface area contributed by atoms with E-state index in [-0.39, 0.29) is 0 Å². The van der Waals surface area contributed by atoms with Crippen molar-refractivity contribution in [1.29, 1.82) is 0 Å². The predicted octanol–water partition coefficient (Wildman–Crippen LogP) is 3.66. The fourth-order valence-corrected chi connectivity index (χ4v) is 3.00. The van der Waals surface area contributed by atoms with Gasteiger partial charge in [0.2, 0.25) is 0 Å². The largest absolute Gasteiger partial charge is 0.416 e. The van der Waals surface area contributed by atoms with Crippen LogP contribution in [0, 0.1) is 0 Å². The molecular formula is C13H16BrF3N2. The second kappa shape index (κ2) is 5.71. The van der Waals surface area contributed by atoms with Crippen molar-refractivity contribution in [1.82, 2.24) is 5.32 Å². The Labute approximate surface area is 119 Å². The van der Waals surface area contributed by atoms with Gasteiger partial charge in [0, 0.05) is 23.6 Å². The Kier molecular flexibility index (Phi) is 4.40. The van der Waals surface area contributed by atoms with E-state index in [4.69, 9.17) is 0 Å². The third kappa shape index (κ3) is 3.42. The first kappa shape index (κ1) is 14.7. The maximum absolute atomic E-state index is 12.6. The van der Waals surface area contributed by atoms with Crippen molar-refractivity contribution in [2.24, 2.45) is 0 Å². The quantitative estimate of drug-likeness (QED) is 0.886. The zero-order valence-electron chi connectivity index (χ0n) is 10.6. The number of halogens is 4. The molecular weight excluding hydrogens is 321 g/mol. The van der Waals surface area contributed by atoms with Crippen molar-refractivity contribution in [2.75, 3.05) is 25.0 Å². The van der Waals surface area contributed by atoms with E-state index in [9.17, 15) is 13.2 Å². The van der Waals surface area contributed by atoms with Crippen LogP contribution in [-0.4, -0.2) is 26.2 Å². The zero-order chi connectivity index (χ0) is 14.0. The zero-order valence-corrected chi connectivity index (χ0v) is 12.2. The first-order valence-electron chi connectivity index (χ1n) is 6.21. The molecule has 1 aromatic carbocycles. The number of hydrogen-bond acceptors (Lipinski definition) is 2. The number of nitrogens with one attached hydrogen (secondary N) is 1. The van der Waals surface area contributed by atoms with Crippen molar-refractivity contribution in [3.63, 3.8) is 0 Å². The lowest BCUT2D eigenvalue weighted by molar-refractivity contribution is -0.137. The number of nitrogens with zero attached hydrogens (tertiary/aromatic N) is 1. The molecule has 0 aromatic heterocycles. The Morgan fingerprint density at radius 3 is 2.68 bits per heavy atom. The fourth-order valence-electron chi connectivity index (χ4n) is 2.37. The van der Waals surface area contributed by atoms with Crippen molar-refractivity contribution in [2.45, 2.75) is 25.1 Å². The average Bonchev–Trinajstić information content (AvgIpc) is 2.37. The summed E-state index contributed by atoms with van der Waals surface area (Å²) in [6.07, 6.45) is -2.15. The number of hydrogen-bond donors (Lipinski definition) is 1. The van der Waals surface area contributed by atoms with E-state index in [0.717, 1.165) is 43.8 Å². The molecule has 19 heavy (non-hydrogen) atoms. The number of rotatable bonds is 2. The van der Waals surface area contributed by atoms with Gasteiger partial charge in [0.25, 0.3) is 0 Å². The van der Waals surface area contributed by atoms with E-state index >= 15 is 0 Å². The highest BCUT2D eigenvalue weighted by atomic mass is 79.9. The molecule has 0 amide bonds. The van der Waals surface area contributed by atoms with Crippen molar-refractivity contribution < 1.29 is 13.2 Å². The average molecular weight is 337 g/mol. The van der Waals surface area contributed by atoms with Crippen LogP contribution in [0.15, 0.2) is 22.7 Å². The highest BCUT2D eigenvalue weighted by molar-refractivity contribution is 9.10. The summed E-state index contributed by atoms with van der Waals surface area (Å²) in [6, 6.07) is 4.23. The van der Waals surface area contributed by atoms with E-state index in [0.29, 0.717) is 10.5 Å². The molecule has 2 nitrogen and oxygen atoms in total. The summed E-state index contributed by atoms with van der Waals surface area (Å²) in [5.74, 6) is 0. The van der Waals surface area contributed by atoms with Gasteiger partial charge in [-0.2, -0.15) is 13.2 Å². The Bertz CT molecular complexity index is 448. The van der Waals surface area contributed by atoms with Crippen LogP contribution in [0.1, 0.15) is 18.4 Å². The molecule has 2 rings (SSSR count). The van der Waals surface area contributed by atoms with E-state index in [1.807, 2.05) is 7.05 Å². The smallest absolute Gasteiger partial charge is 0.369 e. The van der Waals surface area contributed by atoms with Gasteiger partial charge in [-0.05, 0) is 54.0 Å². The summed E-state index contributed by atoms with van der Waals surface area (Å²) in [5.41, 5.74) is 0.207. The predicted molar refractivity (Wildman–Crippen MR) is 73.4 cm³/mol. The van der Waals surface area contributed by atoms with Gasteiger partial charge in [0.1, 0.15) is 0 Å². The molecule has 1 aliphatic rings. The molecule has 106 valence electrons. The second-order valence-corrected chi connectivity index (χ2v) is 5.59. The lowest BCUT2D eigenvalue weighted by Gasteiger charge is -2.35. The molecule has 1 heterocycles. The minimum absolute atomic E-state index is 0.392. The summed E-state index contributed by atoms with van der Waals surface area (Å²) in [4.78, 5) is 2.12. The highest BCUT2D eigenvalue weighted by Gasteiger charge is 2.31. The van der Waals surface area contributed by atoms with Crippen LogP contribution < -0.4 is 10.2 Å². The van der Waals surface area contributed by atoms with Crippen molar-refractivity contribution in [3.8, 4) is 0 Å². The van der Waals surface area contributed by atoms with Gasteiger partial charge in [-0.25, -0.2) is 0 Å². The Morgan fingerprint density at radius 1 is 1.37 bits per heavy atom. The fraction of sp³-hybridized carbons (Fsp3) is 0.538. The number of piperidine rings is 1. The van der Waals surface area contributed by atoms with Gasteiger partial charge >= 0.3 is 6.18 Å². The van der Waals surface area contributed by atoms with E-state index in [1.165, 1.54) is 0 Å².